The highest BCUT2D eigenvalue weighted by molar-refractivity contribution is 9.10. The van der Waals surface area contributed by atoms with Crippen LogP contribution in [-0.4, -0.2) is 17.0 Å². The fourth-order valence-electron chi connectivity index (χ4n) is 1.87. The van der Waals surface area contributed by atoms with Gasteiger partial charge in [0.1, 0.15) is 0 Å². The van der Waals surface area contributed by atoms with Crippen molar-refractivity contribution in [3.8, 4) is 0 Å². The van der Waals surface area contributed by atoms with Crippen LogP contribution in [0.3, 0.4) is 0 Å². The van der Waals surface area contributed by atoms with Crippen molar-refractivity contribution in [1.29, 1.82) is 0 Å². The molecule has 1 atom stereocenters. The zero-order valence-corrected chi connectivity index (χ0v) is 12.8. The average molecular weight is 313 g/mol. The van der Waals surface area contributed by atoms with Crippen LogP contribution in [0.5, 0.6) is 0 Å². The summed E-state index contributed by atoms with van der Waals surface area (Å²) in [6, 6.07) is 4.80. The molecule has 92 valence electrons. The van der Waals surface area contributed by atoms with E-state index in [9.17, 15) is 0 Å². The maximum Gasteiger partial charge on any atom is 0.161 e. The molecule has 0 bridgehead atoms. The van der Waals surface area contributed by atoms with E-state index in [2.05, 4.69) is 59.1 Å². The number of thioether (sulfide) groups is 1. The molecular formula is C13H17BrN2S. The van der Waals surface area contributed by atoms with E-state index in [1.165, 1.54) is 11.1 Å². The number of nitrogens with zero attached hydrogens (tertiary/aromatic N) is 1. The average Bonchev–Trinajstić information content (AvgIpc) is 2.71. The third kappa shape index (κ3) is 3.05. The third-order valence-electron chi connectivity index (χ3n) is 2.85. The number of aryl methyl sites for hydroxylation is 2. The van der Waals surface area contributed by atoms with E-state index in [-0.39, 0.29) is 0 Å². The Morgan fingerprint density at radius 1 is 1.47 bits per heavy atom. The van der Waals surface area contributed by atoms with E-state index in [0.29, 0.717) is 6.04 Å². The lowest BCUT2D eigenvalue weighted by atomic mass is 10.1. The number of anilines is 1. The molecule has 0 saturated heterocycles. The summed E-state index contributed by atoms with van der Waals surface area (Å²) in [4.78, 5) is 4.65. The highest BCUT2D eigenvalue weighted by Gasteiger charge is 2.17. The molecule has 0 aliphatic carbocycles. The number of amidine groups is 1. The van der Waals surface area contributed by atoms with Gasteiger partial charge in [0.2, 0.25) is 0 Å². The molecule has 1 aliphatic rings. The van der Waals surface area contributed by atoms with Crippen LogP contribution >= 0.6 is 27.7 Å². The number of benzene rings is 1. The van der Waals surface area contributed by atoms with Crippen molar-refractivity contribution in [2.45, 2.75) is 33.2 Å². The molecule has 0 radical (unpaired) electrons. The summed E-state index contributed by atoms with van der Waals surface area (Å²) in [5, 5.41) is 4.48. The molecule has 1 aliphatic heterocycles. The standard InChI is InChI=1S/C13H17BrN2S/c1-4-10-7-17-13(15-10)16-12-9(3)5-8(2)6-11(12)14/h5-6,10H,4,7H2,1-3H3,(H,15,16). The highest BCUT2D eigenvalue weighted by atomic mass is 79.9. The van der Waals surface area contributed by atoms with Crippen LogP contribution in [0.2, 0.25) is 0 Å². The van der Waals surface area contributed by atoms with Crippen molar-refractivity contribution in [3.05, 3.63) is 27.7 Å². The van der Waals surface area contributed by atoms with Crippen LogP contribution in [0.1, 0.15) is 24.5 Å². The second kappa shape index (κ2) is 5.44. The van der Waals surface area contributed by atoms with Crippen molar-refractivity contribution in [2.24, 2.45) is 4.99 Å². The largest absolute Gasteiger partial charge is 0.334 e. The van der Waals surface area contributed by atoms with Gasteiger partial charge in [-0.15, -0.1) is 0 Å². The first kappa shape index (κ1) is 13.0. The first-order valence-electron chi connectivity index (χ1n) is 5.84. The van der Waals surface area contributed by atoms with Gasteiger partial charge in [-0.1, -0.05) is 24.8 Å². The zero-order valence-electron chi connectivity index (χ0n) is 10.4. The molecule has 1 aromatic carbocycles. The van der Waals surface area contributed by atoms with Crippen LogP contribution in [0.25, 0.3) is 0 Å². The molecule has 1 N–H and O–H groups in total. The van der Waals surface area contributed by atoms with Crippen LogP contribution in [0.15, 0.2) is 21.6 Å². The van der Waals surface area contributed by atoms with Gasteiger partial charge in [0, 0.05) is 10.2 Å². The van der Waals surface area contributed by atoms with Gasteiger partial charge in [0.15, 0.2) is 5.17 Å². The van der Waals surface area contributed by atoms with Crippen LogP contribution < -0.4 is 5.32 Å². The Kier molecular flexibility index (Phi) is 4.15. The second-order valence-electron chi connectivity index (χ2n) is 4.37. The van der Waals surface area contributed by atoms with Crippen molar-refractivity contribution >= 4 is 38.5 Å². The lowest BCUT2D eigenvalue weighted by molar-refractivity contribution is 0.738. The fraction of sp³-hybridized carbons (Fsp3) is 0.462. The Morgan fingerprint density at radius 3 is 2.82 bits per heavy atom. The maximum absolute atomic E-state index is 4.65. The topological polar surface area (TPSA) is 24.4 Å². The number of hydrogen-bond acceptors (Lipinski definition) is 3. The van der Waals surface area contributed by atoms with Gasteiger partial charge in [-0.25, -0.2) is 0 Å². The van der Waals surface area contributed by atoms with Crippen LogP contribution in [0.4, 0.5) is 5.69 Å². The monoisotopic (exact) mass is 312 g/mol. The minimum Gasteiger partial charge on any atom is -0.334 e. The summed E-state index contributed by atoms with van der Waals surface area (Å²) < 4.78 is 1.11. The quantitative estimate of drug-likeness (QED) is 0.877. The predicted octanol–water partition coefficient (Wildman–Crippen LogP) is 4.36. The Morgan fingerprint density at radius 2 is 2.24 bits per heavy atom. The van der Waals surface area contributed by atoms with Crippen LogP contribution in [-0.2, 0) is 0 Å². The van der Waals surface area contributed by atoms with E-state index in [0.717, 1.165) is 27.5 Å². The van der Waals surface area contributed by atoms with Gasteiger partial charge in [0.05, 0.1) is 11.7 Å². The Labute approximate surface area is 115 Å². The van der Waals surface area contributed by atoms with Gasteiger partial charge >= 0.3 is 0 Å². The van der Waals surface area contributed by atoms with E-state index in [4.69, 9.17) is 0 Å². The molecule has 0 amide bonds. The molecule has 4 heteroatoms. The normalized spacial score (nSPS) is 19.3. The van der Waals surface area contributed by atoms with E-state index in [1.54, 1.807) is 0 Å². The first-order valence-corrected chi connectivity index (χ1v) is 7.62. The van der Waals surface area contributed by atoms with Gasteiger partial charge in [0.25, 0.3) is 0 Å². The second-order valence-corrected chi connectivity index (χ2v) is 6.23. The minimum atomic E-state index is 0.479. The Balaban J connectivity index is 2.20. The summed E-state index contributed by atoms with van der Waals surface area (Å²) in [7, 11) is 0. The summed E-state index contributed by atoms with van der Waals surface area (Å²) in [5.74, 6) is 1.10. The smallest absolute Gasteiger partial charge is 0.161 e. The predicted molar refractivity (Wildman–Crippen MR) is 81.2 cm³/mol. The summed E-state index contributed by atoms with van der Waals surface area (Å²) in [5.41, 5.74) is 3.66. The van der Waals surface area contributed by atoms with Gasteiger partial charge in [-0.2, -0.15) is 0 Å². The molecule has 1 heterocycles. The molecule has 0 spiro atoms. The molecule has 2 nitrogen and oxygen atoms in total. The van der Waals surface area contributed by atoms with E-state index in [1.807, 2.05) is 11.8 Å². The van der Waals surface area contributed by atoms with Crippen LogP contribution in [0, 0.1) is 13.8 Å². The van der Waals surface area contributed by atoms with Crippen molar-refractivity contribution < 1.29 is 0 Å². The molecule has 1 unspecified atom stereocenters. The van der Waals surface area contributed by atoms with Crippen molar-refractivity contribution in [2.75, 3.05) is 11.1 Å². The minimum absolute atomic E-state index is 0.479. The van der Waals surface area contributed by atoms with Gasteiger partial charge in [-0.05, 0) is 53.4 Å². The summed E-state index contributed by atoms with van der Waals surface area (Å²) in [6.45, 7) is 6.42. The van der Waals surface area contributed by atoms with E-state index < -0.39 is 0 Å². The highest BCUT2D eigenvalue weighted by Crippen LogP contribution is 2.30. The molecule has 0 aromatic heterocycles. The summed E-state index contributed by atoms with van der Waals surface area (Å²) in [6.07, 6.45) is 1.12. The van der Waals surface area contributed by atoms with Gasteiger partial charge < -0.3 is 5.32 Å². The SMILES string of the molecule is CCC1CSC(Nc2c(C)cc(C)cc2Br)=N1. The van der Waals surface area contributed by atoms with Crippen molar-refractivity contribution in [1.82, 2.24) is 0 Å². The maximum atomic E-state index is 4.65. The number of aliphatic imine (C=N–C) groups is 1. The Bertz CT molecular complexity index is 434. The number of hydrogen-bond donors (Lipinski definition) is 1. The molecule has 2 rings (SSSR count). The summed E-state index contributed by atoms with van der Waals surface area (Å²) >= 11 is 5.42. The third-order valence-corrected chi connectivity index (χ3v) is 4.50. The molecule has 0 saturated carbocycles. The van der Waals surface area contributed by atoms with Crippen molar-refractivity contribution in [3.63, 3.8) is 0 Å². The fourth-order valence-corrected chi connectivity index (χ4v) is 3.71. The van der Waals surface area contributed by atoms with E-state index >= 15 is 0 Å². The zero-order chi connectivity index (χ0) is 12.4. The molecular weight excluding hydrogens is 296 g/mol. The molecule has 1 aromatic rings. The van der Waals surface area contributed by atoms with Gasteiger partial charge in [-0.3, -0.25) is 4.99 Å². The molecule has 17 heavy (non-hydrogen) atoms. The lowest BCUT2D eigenvalue weighted by Crippen LogP contribution is -2.07. The number of nitrogens with one attached hydrogen (secondary N) is 1. The Hall–Kier alpha value is -0.480. The lowest BCUT2D eigenvalue weighted by Gasteiger charge is -2.12. The first-order chi connectivity index (χ1) is 8.10. The number of halogens is 1. The number of rotatable bonds is 2. The molecule has 0 fully saturated rings.